The van der Waals surface area contributed by atoms with Gasteiger partial charge in [0.15, 0.2) is 0 Å². The second kappa shape index (κ2) is 6.75. The van der Waals surface area contributed by atoms with Crippen LogP contribution in [0, 0.1) is 5.82 Å². The van der Waals surface area contributed by atoms with Crippen LogP contribution in [0.5, 0.6) is 0 Å². The average Bonchev–Trinajstić information content (AvgIpc) is 2.24. The molecule has 0 fully saturated rings. The molecule has 0 aliphatic heterocycles. The van der Waals surface area contributed by atoms with E-state index in [1.165, 1.54) is 0 Å². The van der Waals surface area contributed by atoms with Crippen molar-refractivity contribution in [1.82, 2.24) is 0 Å². The molecule has 1 atom stereocenters. The van der Waals surface area contributed by atoms with Crippen molar-refractivity contribution in [1.29, 1.82) is 0 Å². The summed E-state index contributed by atoms with van der Waals surface area (Å²) in [5, 5.41) is 0. The second-order valence-electron chi connectivity index (χ2n) is 3.71. The molecule has 0 radical (unpaired) electrons. The van der Waals surface area contributed by atoms with Gasteiger partial charge >= 0.3 is 6.18 Å². The molecule has 0 spiro atoms. The van der Waals surface area contributed by atoms with Crippen molar-refractivity contribution in [3.63, 3.8) is 0 Å². The van der Waals surface area contributed by atoms with Gasteiger partial charge in [0.25, 0.3) is 0 Å². The predicted octanol–water partition coefficient (Wildman–Crippen LogP) is 4.23. The van der Waals surface area contributed by atoms with Gasteiger partial charge in [-0.1, -0.05) is 6.08 Å². The first-order valence-corrected chi connectivity index (χ1v) is 5.09. The van der Waals surface area contributed by atoms with Gasteiger partial charge in [-0.15, -0.1) is 19.0 Å². The number of hydrogen-bond acceptors (Lipinski definition) is 1. The Morgan fingerprint density at radius 1 is 1.33 bits per heavy atom. The molecule has 2 N–H and O–H groups in total. The van der Waals surface area contributed by atoms with E-state index in [4.69, 9.17) is 5.73 Å². The van der Waals surface area contributed by atoms with Gasteiger partial charge in [-0.25, -0.2) is 4.39 Å². The van der Waals surface area contributed by atoms with Crippen molar-refractivity contribution in [2.75, 3.05) is 0 Å². The minimum Gasteiger partial charge on any atom is -0.324 e. The lowest BCUT2D eigenvalue weighted by Gasteiger charge is -2.14. The van der Waals surface area contributed by atoms with Gasteiger partial charge in [0.2, 0.25) is 0 Å². The van der Waals surface area contributed by atoms with Crippen molar-refractivity contribution in [3.05, 3.63) is 47.8 Å². The van der Waals surface area contributed by atoms with Gasteiger partial charge < -0.3 is 5.73 Å². The maximum Gasteiger partial charge on any atom is 0.416 e. The summed E-state index contributed by atoms with van der Waals surface area (Å²) in [6, 6.07) is 1.52. The Kier molecular flexibility index (Phi) is 6.35. The standard InChI is InChI=1S/C12H13F4N.ClH/c1-2-3-4-11(17)9-7-8(12(14,15)16)5-6-10(9)13;/h2,5-7,11H,1,3-4,17H2;1H/t11-;/m0./s1. The van der Waals surface area contributed by atoms with E-state index < -0.39 is 23.6 Å². The van der Waals surface area contributed by atoms with Crippen LogP contribution in [-0.4, -0.2) is 0 Å². The van der Waals surface area contributed by atoms with E-state index >= 15 is 0 Å². The molecule has 0 heterocycles. The molecule has 0 aromatic heterocycles. The van der Waals surface area contributed by atoms with Crippen LogP contribution in [0.15, 0.2) is 30.9 Å². The summed E-state index contributed by atoms with van der Waals surface area (Å²) < 4.78 is 50.7. The number of allylic oxidation sites excluding steroid dienone is 1. The van der Waals surface area contributed by atoms with Gasteiger partial charge in [0.1, 0.15) is 5.82 Å². The van der Waals surface area contributed by atoms with E-state index in [0.717, 1.165) is 12.1 Å². The summed E-state index contributed by atoms with van der Waals surface area (Å²) >= 11 is 0. The maximum absolute atomic E-state index is 13.4. The van der Waals surface area contributed by atoms with Gasteiger partial charge in [-0.3, -0.25) is 0 Å². The van der Waals surface area contributed by atoms with E-state index in [1.54, 1.807) is 6.08 Å². The van der Waals surface area contributed by atoms with Crippen LogP contribution in [-0.2, 0) is 6.18 Å². The lowest BCUT2D eigenvalue weighted by Crippen LogP contribution is -2.14. The fourth-order valence-electron chi connectivity index (χ4n) is 1.46. The Morgan fingerprint density at radius 2 is 1.94 bits per heavy atom. The van der Waals surface area contributed by atoms with Crippen molar-refractivity contribution in [3.8, 4) is 0 Å². The van der Waals surface area contributed by atoms with E-state index in [0.29, 0.717) is 18.9 Å². The number of hydrogen-bond donors (Lipinski definition) is 1. The molecular formula is C12H14ClF4N. The van der Waals surface area contributed by atoms with Crippen LogP contribution >= 0.6 is 12.4 Å². The first-order chi connectivity index (χ1) is 7.86. The van der Waals surface area contributed by atoms with Crippen molar-refractivity contribution < 1.29 is 17.6 Å². The molecule has 1 nitrogen and oxygen atoms in total. The van der Waals surface area contributed by atoms with Crippen LogP contribution in [0.2, 0.25) is 0 Å². The summed E-state index contributed by atoms with van der Waals surface area (Å²) in [4.78, 5) is 0. The van der Waals surface area contributed by atoms with E-state index in [1.807, 2.05) is 0 Å². The molecule has 18 heavy (non-hydrogen) atoms. The SMILES string of the molecule is C=CCC[C@H](N)c1cc(C(F)(F)F)ccc1F.Cl. The van der Waals surface area contributed by atoms with Crippen LogP contribution < -0.4 is 5.73 Å². The summed E-state index contributed by atoms with van der Waals surface area (Å²) in [7, 11) is 0. The minimum absolute atomic E-state index is 0. The van der Waals surface area contributed by atoms with Crippen LogP contribution in [0.4, 0.5) is 17.6 Å². The Morgan fingerprint density at radius 3 is 2.44 bits per heavy atom. The third kappa shape index (κ3) is 4.31. The number of alkyl halides is 3. The Bertz CT molecular complexity index is 404. The predicted molar refractivity (Wildman–Crippen MR) is 65.0 cm³/mol. The lowest BCUT2D eigenvalue weighted by atomic mass is 10.00. The monoisotopic (exact) mass is 283 g/mol. The molecule has 0 unspecified atom stereocenters. The van der Waals surface area contributed by atoms with E-state index in [9.17, 15) is 17.6 Å². The van der Waals surface area contributed by atoms with Gasteiger partial charge in [0.05, 0.1) is 5.56 Å². The molecule has 6 heteroatoms. The van der Waals surface area contributed by atoms with E-state index in [-0.39, 0.29) is 18.0 Å². The topological polar surface area (TPSA) is 26.0 Å². The van der Waals surface area contributed by atoms with Crippen molar-refractivity contribution in [2.24, 2.45) is 5.73 Å². The average molecular weight is 284 g/mol. The highest BCUT2D eigenvalue weighted by Gasteiger charge is 2.31. The smallest absolute Gasteiger partial charge is 0.324 e. The molecule has 0 aliphatic rings. The zero-order chi connectivity index (χ0) is 13.1. The minimum atomic E-state index is -4.49. The molecule has 0 amide bonds. The first kappa shape index (κ1) is 16.9. The van der Waals surface area contributed by atoms with Crippen LogP contribution in [0.1, 0.15) is 30.0 Å². The molecule has 0 saturated carbocycles. The number of nitrogens with two attached hydrogens (primary N) is 1. The normalized spacial score (nSPS) is 12.7. The molecule has 1 aromatic carbocycles. The molecule has 0 bridgehead atoms. The van der Waals surface area contributed by atoms with Gasteiger partial charge in [-0.2, -0.15) is 13.2 Å². The zero-order valence-electron chi connectivity index (χ0n) is 9.51. The van der Waals surface area contributed by atoms with Crippen molar-refractivity contribution in [2.45, 2.75) is 25.1 Å². The Labute approximate surface area is 109 Å². The third-order valence-electron chi connectivity index (χ3n) is 2.40. The zero-order valence-corrected chi connectivity index (χ0v) is 10.3. The van der Waals surface area contributed by atoms with Crippen LogP contribution in [0.3, 0.4) is 0 Å². The summed E-state index contributed by atoms with van der Waals surface area (Å²) in [5.74, 6) is -0.713. The number of halogens is 5. The van der Waals surface area contributed by atoms with E-state index in [2.05, 4.69) is 6.58 Å². The molecule has 0 saturated heterocycles. The second-order valence-corrected chi connectivity index (χ2v) is 3.71. The summed E-state index contributed by atoms with van der Waals surface area (Å²) in [6.45, 7) is 3.48. The summed E-state index contributed by atoms with van der Waals surface area (Å²) in [6.07, 6.45) is -2.01. The lowest BCUT2D eigenvalue weighted by molar-refractivity contribution is -0.137. The van der Waals surface area contributed by atoms with Crippen LogP contribution in [0.25, 0.3) is 0 Å². The Balaban J connectivity index is 0.00000289. The molecule has 0 aliphatic carbocycles. The first-order valence-electron chi connectivity index (χ1n) is 5.09. The quantitative estimate of drug-likeness (QED) is 0.649. The molecule has 102 valence electrons. The van der Waals surface area contributed by atoms with Gasteiger partial charge in [0, 0.05) is 11.6 Å². The fraction of sp³-hybridized carbons (Fsp3) is 0.333. The molecular weight excluding hydrogens is 270 g/mol. The number of benzene rings is 1. The number of rotatable bonds is 4. The van der Waals surface area contributed by atoms with Crippen molar-refractivity contribution >= 4 is 12.4 Å². The molecule has 1 aromatic rings. The highest BCUT2D eigenvalue weighted by atomic mass is 35.5. The largest absolute Gasteiger partial charge is 0.416 e. The Hall–Kier alpha value is -1.07. The summed E-state index contributed by atoms with van der Waals surface area (Å²) in [5.41, 5.74) is 4.64. The van der Waals surface area contributed by atoms with Gasteiger partial charge in [-0.05, 0) is 31.0 Å². The highest BCUT2D eigenvalue weighted by molar-refractivity contribution is 5.85. The molecule has 1 rings (SSSR count). The highest BCUT2D eigenvalue weighted by Crippen LogP contribution is 2.32. The fourth-order valence-corrected chi connectivity index (χ4v) is 1.46. The maximum atomic E-state index is 13.4. The third-order valence-corrected chi connectivity index (χ3v) is 2.40.